The molecule has 0 spiro atoms. The first kappa shape index (κ1) is 29.0. The molecule has 3 heterocycles. The van der Waals surface area contributed by atoms with Gasteiger partial charge in [0.1, 0.15) is 21.9 Å². The zero-order valence-corrected chi connectivity index (χ0v) is 24.1. The molecule has 200 valence electrons. The van der Waals surface area contributed by atoms with Crippen LogP contribution in [0.1, 0.15) is 49.0 Å². The van der Waals surface area contributed by atoms with Gasteiger partial charge < -0.3 is 30.2 Å². The molecule has 1 aromatic heterocycles. The average Bonchev–Trinajstić information content (AvgIpc) is 3.57. The van der Waals surface area contributed by atoms with E-state index in [0.29, 0.717) is 31.6 Å². The van der Waals surface area contributed by atoms with Crippen LogP contribution in [0.15, 0.2) is 30.3 Å². The Kier molecular flexibility index (Phi) is 8.90. The molecular weight excluding hydrogens is 523 g/mol. The number of nitrogens with zero attached hydrogens (tertiary/aromatic N) is 1. The van der Waals surface area contributed by atoms with Gasteiger partial charge in [-0.05, 0) is 56.1 Å². The summed E-state index contributed by atoms with van der Waals surface area (Å²) >= 11 is 0. The van der Waals surface area contributed by atoms with Crippen LogP contribution in [0, 0.1) is 17.8 Å². The number of aliphatic hydroxyl groups is 1. The molecule has 11 nitrogen and oxygen atoms in total. The van der Waals surface area contributed by atoms with Crippen molar-refractivity contribution >= 4 is 38.7 Å². The molecule has 6 atom stereocenters. The van der Waals surface area contributed by atoms with Crippen molar-refractivity contribution in [1.29, 1.82) is 0 Å². The topological polar surface area (TPSA) is 172 Å². The van der Waals surface area contributed by atoms with E-state index in [0.717, 1.165) is 30.2 Å². The fourth-order valence-corrected chi connectivity index (χ4v) is 6.86. The van der Waals surface area contributed by atoms with E-state index in [2.05, 4.69) is 15.6 Å². The van der Waals surface area contributed by atoms with Crippen LogP contribution in [0.25, 0.3) is 10.9 Å². The second kappa shape index (κ2) is 11.6. The Bertz CT molecular complexity index is 1280. The zero-order chi connectivity index (χ0) is 26.3. The molecule has 0 bridgehead atoms. The molecule has 0 radical (unpaired) electrons. The van der Waals surface area contributed by atoms with Gasteiger partial charge in [-0.3, -0.25) is 14.4 Å². The molecule has 13 heteroatoms. The van der Waals surface area contributed by atoms with Gasteiger partial charge in [-0.25, -0.2) is 8.42 Å². The average molecular weight is 555 g/mol. The van der Waals surface area contributed by atoms with Gasteiger partial charge in [0.25, 0.3) is 5.91 Å². The van der Waals surface area contributed by atoms with Crippen molar-refractivity contribution in [3.8, 4) is 0 Å². The van der Waals surface area contributed by atoms with Gasteiger partial charge in [-0.2, -0.15) is 0 Å². The number of rotatable bonds is 7. The third kappa shape index (κ3) is 5.80. The molecule has 5 rings (SSSR count). The Labute approximate surface area is 243 Å². The van der Waals surface area contributed by atoms with Crippen molar-refractivity contribution in [3.05, 3.63) is 36.0 Å². The number of likely N-dealkylation sites (tertiary alicyclic amines) is 1. The Morgan fingerprint density at radius 1 is 1.18 bits per heavy atom. The van der Waals surface area contributed by atoms with Crippen LogP contribution in [0.5, 0.6) is 0 Å². The van der Waals surface area contributed by atoms with Gasteiger partial charge in [-0.1, -0.05) is 24.6 Å². The van der Waals surface area contributed by atoms with Crippen LogP contribution < -0.4 is 40.2 Å². The molecule has 38 heavy (non-hydrogen) atoms. The second-order valence-electron chi connectivity index (χ2n) is 10.4. The number of aromatic amines is 1. The van der Waals surface area contributed by atoms with Gasteiger partial charge >= 0.3 is 29.6 Å². The van der Waals surface area contributed by atoms with Gasteiger partial charge in [0.2, 0.25) is 11.8 Å². The minimum absolute atomic E-state index is 0. The third-order valence-electron chi connectivity index (χ3n) is 8.09. The molecule has 4 N–H and O–H groups in total. The number of hydrogen-bond donors (Lipinski definition) is 4. The number of carbonyl (C=O) groups excluding carboxylic acids is 3. The Morgan fingerprint density at radius 2 is 1.95 bits per heavy atom. The van der Waals surface area contributed by atoms with Crippen molar-refractivity contribution in [2.75, 3.05) is 13.1 Å². The largest absolute Gasteiger partial charge is 1.00 e. The minimum atomic E-state index is -5.17. The number of benzene rings is 1. The van der Waals surface area contributed by atoms with E-state index >= 15 is 0 Å². The first-order chi connectivity index (χ1) is 17.6. The van der Waals surface area contributed by atoms with Crippen molar-refractivity contribution in [3.63, 3.8) is 0 Å². The summed E-state index contributed by atoms with van der Waals surface area (Å²) in [5.74, 6) is -1.92. The van der Waals surface area contributed by atoms with Crippen molar-refractivity contribution in [2.45, 2.75) is 56.0 Å². The number of nitrogens with one attached hydrogen (secondary N) is 3. The smallest absolute Gasteiger partial charge is 0.746 e. The van der Waals surface area contributed by atoms with Crippen LogP contribution in [0.2, 0.25) is 0 Å². The van der Waals surface area contributed by atoms with E-state index in [1.807, 2.05) is 24.3 Å². The first-order valence-electron chi connectivity index (χ1n) is 12.7. The molecule has 1 saturated carbocycles. The second-order valence-corrected chi connectivity index (χ2v) is 11.9. The van der Waals surface area contributed by atoms with E-state index in [-0.39, 0.29) is 59.6 Å². The standard InChI is InChI=1S/C25H32N4O7S.Na/c30-22-15(7-4-10-26-22)12-20(25(33)37(34,35)36)28-23(31)21-17-8-3-6-16(17)13-29(21)24(32)19-11-14-5-1-2-9-18(14)27-19;/h1-2,5,9,11,15-17,20-21,25,27,33H,3-4,6-8,10,12-13H2,(H,26,30)(H,28,31)(H,34,35,36);/q;+1/p-1/t15-,16-,17-,20-,21-,25?;/m0./s1. The van der Waals surface area contributed by atoms with Crippen LogP contribution in [0.4, 0.5) is 0 Å². The molecule has 2 saturated heterocycles. The molecule has 3 fully saturated rings. The molecule has 2 aliphatic heterocycles. The Hall–Kier alpha value is -1.96. The summed E-state index contributed by atoms with van der Waals surface area (Å²) < 4.78 is 35.1. The fourth-order valence-electron chi connectivity index (χ4n) is 6.28. The van der Waals surface area contributed by atoms with E-state index in [1.54, 1.807) is 6.07 Å². The molecule has 1 aliphatic carbocycles. The maximum atomic E-state index is 13.6. The number of hydrogen-bond acceptors (Lipinski definition) is 7. The van der Waals surface area contributed by atoms with E-state index < -0.39 is 39.5 Å². The number of aromatic nitrogens is 1. The normalized spacial score (nSPS) is 26.8. The number of fused-ring (bicyclic) bond motifs is 2. The van der Waals surface area contributed by atoms with Gasteiger partial charge in [0.15, 0.2) is 5.44 Å². The van der Waals surface area contributed by atoms with Gasteiger partial charge in [-0.15, -0.1) is 0 Å². The van der Waals surface area contributed by atoms with Gasteiger partial charge in [0.05, 0.1) is 6.04 Å². The minimum Gasteiger partial charge on any atom is -0.746 e. The summed E-state index contributed by atoms with van der Waals surface area (Å²) in [7, 11) is -5.17. The monoisotopic (exact) mass is 554 g/mol. The summed E-state index contributed by atoms with van der Waals surface area (Å²) in [4.78, 5) is 44.1. The maximum Gasteiger partial charge on any atom is 1.00 e. The molecule has 1 aromatic carbocycles. The summed E-state index contributed by atoms with van der Waals surface area (Å²) in [5, 5.41) is 16.4. The number of para-hydroxylation sites is 1. The SMILES string of the molecule is O=C1NCCC[C@H]1C[C@H](NC(=O)[C@@H]1[C@H]2CCC[C@H]2CN1C(=O)c1cc2ccccc2[nH]1)C(O)S(=O)(=O)[O-].[Na+]. The van der Waals surface area contributed by atoms with Crippen molar-refractivity contribution in [2.24, 2.45) is 17.8 Å². The Balaban J connectivity index is 0.00000336. The zero-order valence-electron chi connectivity index (χ0n) is 21.3. The van der Waals surface area contributed by atoms with Gasteiger partial charge in [0, 0.05) is 29.9 Å². The predicted molar refractivity (Wildman–Crippen MR) is 132 cm³/mol. The third-order valence-corrected chi connectivity index (χ3v) is 9.01. The molecule has 3 amide bonds. The fraction of sp³-hybridized carbons (Fsp3) is 0.560. The number of aliphatic hydroxyl groups excluding tert-OH is 1. The number of amides is 3. The molecule has 3 aliphatic rings. The first-order valence-corrected chi connectivity index (χ1v) is 14.2. The quantitative estimate of drug-likeness (QED) is 0.220. The summed E-state index contributed by atoms with van der Waals surface area (Å²) in [6, 6.07) is 6.83. The number of piperidine rings is 1. The van der Waals surface area contributed by atoms with E-state index in [1.165, 1.54) is 4.90 Å². The Morgan fingerprint density at radius 3 is 2.66 bits per heavy atom. The van der Waals surface area contributed by atoms with Crippen molar-refractivity contribution < 1.29 is 62.0 Å². The van der Waals surface area contributed by atoms with Crippen LogP contribution in [-0.2, 0) is 19.7 Å². The van der Waals surface area contributed by atoms with Crippen LogP contribution in [0.3, 0.4) is 0 Å². The van der Waals surface area contributed by atoms with E-state index in [9.17, 15) is 32.5 Å². The number of H-pyrrole nitrogens is 1. The maximum absolute atomic E-state index is 13.6. The van der Waals surface area contributed by atoms with E-state index in [4.69, 9.17) is 0 Å². The summed E-state index contributed by atoms with van der Waals surface area (Å²) in [5.41, 5.74) is -1.28. The molecular formula is C25H31N4NaO7S. The summed E-state index contributed by atoms with van der Waals surface area (Å²) in [6.45, 7) is 0.875. The molecule has 2 aromatic rings. The van der Waals surface area contributed by atoms with Crippen molar-refractivity contribution in [1.82, 2.24) is 20.5 Å². The predicted octanol–water partition coefficient (Wildman–Crippen LogP) is -2.32. The van der Waals surface area contributed by atoms with Crippen LogP contribution >= 0.6 is 0 Å². The number of carbonyl (C=O) groups is 3. The summed E-state index contributed by atoms with van der Waals surface area (Å²) in [6.07, 6.45) is 3.43. The molecule has 1 unspecified atom stereocenters. The van der Waals surface area contributed by atoms with Crippen LogP contribution in [-0.4, -0.2) is 76.3 Å².